The van der Waals surface area contributed by atoms with Gasteiger partial charge in [-0.3, -0.25) is 9.69 Å². The number of nitrogens with zero attached hydrogens (tertiary/aromatic N) is 2. The number of piperazine rings is 1. The van der Waals surface area contributed by atoms with Crippen molar-refractivity contribution >= 4 is 29.9 Å². The van der Waals surface area contributed by atoms with Gasteiger partial charge in [0.25, 0.3) is 0 Å². The molecule has 24 heavy (non-hydrogen) atoms. The van der Waals surface area contributed by atoms with Crippen LogP contribution in [0.25, 0.3) is 0 Å². The molecule has 5 nitrogen and oxygen atoms in total. The van der Waals surface area contributed by atoms with Gasteiger partial charge in [0.05, 0.1) is 13.5 Å². The summed E-state index contributed by atoms with van der Waals surface area (Å²) in [5, 5.41) is 4.01. The lowest BCUT2D eigenvalue weighted by atomic mass is 10.1. The highest BCUT2D eigenvalue weighted by molar-refractivity contribution is 6.30. The Bertz CT molecular complexity index is 565. The van der Waals surface area contributed by atoms with Crippen molar-refractivity contribution in [1.29, 1.82) is 0 Å². The quantitative estimate of drug-likeness (QED) is 0.874. The molecule has 1 amide bonds. The van der Waals surface area contributed by atoms with Crippen molar-refractivity contribution in [2.75, 3.05) is 46.4 Å². The van der Waals surface area contributed by atoms with Gasteiger partial charge in [0.1, 0.15) is 5.75 Å². The Morgan fingerprint density at radius 1 is 1.33 bits per heavy atom. The van der Waals surface area contributed by atoms with Gasteiger partial charge in [-0.05, 0) is 24.6 Å². The second kappa shape index (κ2) is 8.90. The molecule has 1 aromatic carbocycles. The number of methoxy groups -OCH3 is 1. The Hall–Kier alpha value is -1.01. The fraction of sp³-hybridized carbons (Fsp3) is 0.588. The van der Waals surface area contributed by atoms with E-state index in [0.29, 0.717) is 17.5 Å². The molecular weight excluding hydrogens is 349 g/mol. The number of rotatable bonds is 4. The first-order valence-electron chi connectivity index (χ1n) is 8.22. The number of halogens is 2. The summed E-state index contributed by atoms with van der Waals surface area (Å²) in [5.74, 6) is 0.879. The van der Waals surface area contributed by atoms with Gasteiger partial charge in [-0.15, -0.1) is 12.4 Å². The highest BCUT2D eigenvalue weighted by atomic mass is 35.5. The second-order valence-electron chi connectivity index (χ2n) is 6.20. The van der Waals surface area contributed by atoms with Crippen molar-refractivity contribution in [3.8, 4) is 5.75 Å². The van der Waals surface area contributed by atoms with Gasteiger partial charge in [0, 0.05) is 55.9 Å². The van der Waals surface area contributed by atoms with Crippen LogP contribution in [0, 0.1) is 0 Å². The van der Waals surface area contributed by atoms with Gasteiger partial charge in [-0.2, -0.15) is 0 Å². The Morgan fingerprint density at radius 2 is 2.08 bits per heavy atom. The minimum Gasteiger partial charge on any atom is -0.496 e. The van der Waals surface area contributed by atoms with Crippen LogP contribution in [0.1, 0.15) is 12.0 Å². The smallest absolute Gasteiger partial charge is 0.227 e. The number of amides is 1. The van der Waals surface area contributed by atoms with E-state index in [-0.39, 0.29) is 18.3 Å². The van der Waals surface area contributed by atoms with Crippen molar-refractivity contribution in [2.24, 2.45) is 0 Å². The number of carbonyl (C=O) groups excluding carboxylic acids is 1. The Balaban J connectivity index is 0.00000208. The van der Waals surface area contributed by atoms with Crippen molar-refractivity contribution in [3.63, 3.8) is 0 Å². The number of likely N-dealkylation sites (tertiary alicyclic amines) is 1. The third-order valence-electron chi connectivity index (χ3n) is 4.77. The molecule has 2 aliphatic rings. The van der Waals surface area contributed by atoms with Gasteiger partial charge < -0.3 is 15.0 Å². The van der Waals surface area contributed by atoms with Crippen LogP contribution in [0.3, 0.4) is 0 Å². The van der Waals surface area contributed by atoms with Gasteiger partial charge in [0.2, 0.25) is 5.91 Å². The summed E-state index contributed by atoms with van der Waals surface area (Å²) >= 11 is 6.05. The van der Waals surface area contributed by atoms with Crippen molar-refractivity contribution < 1.29 is 9.53 Å². The number of hydrogen-bond acceptors (Lipinski definition) is 4. The Labute approximate surface area is 154 Å². The van der Waals surface area contributed by atoms with E-state index in [0.717, 1.165) is 57.0 Å². The molecule has 0 aromatic heterocycles. The van der Waals surface area contributed by atoms with Crippen LogP contribution in [0.4, 0.5) is 0 Å². The molecule has 1 aromatic rings. The van der Waals surface area contributed by atoms with Crippen LogP contribution in [0.2, 0.25) is 5.02 Å². The summed E-state index contributed by atoms with van der Waals surface area (Å²) in [6, 6.07) is 5.92. The number of carbonyl (C=O) groups is 1. The van der Waals surface area contributed by atoms with Crippen LogP contribution in [-0.2, 0) is 11.2 Å². The molecule has 0 bridgehead atoms. The number of hydrogen-bond donors (Lipinski definition) is 1. The van der Waals surface area contributed by atoms with Crippen LogP contribution >= 0.6 is 24.0 Å². The summed E-state index contributed by atoms with van der Waals surface area (Å²) in [6.45, 7) is 5.93. The zero-order valence-corrected chi connectivity index (χ0v) is 15.5. The van der Waals surface area contributed by atoms with E-state index in [9.17, 15) is 4.79 Å². The predicted octanol–water partition coefficient (Wildman–Crippen LogP) is 1.82. The topological polar surface area (TPSA) is 44.8 Å². The lowest BCUT2D eigenvalue weighted by molar-refractivity contribution is -0.129. The molecule has 2 fully saturated rings. The summed E-state index contributed by atoms with van der Waals surface area (Å²) in [4.78, 5) is 17.1. The molecule has 3 rings (SSSR count). The summed E-state index contributed by atoms with van der Waals surface area (Å²) in [6.07, 6.45) is 1.41. The minimum atomic E-state index is 0. The molecule has 1 unspecified atom stereocenters. The Kier molecular flexibility index (Phi) is 7.16. The first-order valence-corrected chi connectivity index (χ1v) is 8.60. The zero-order chi connectivity index (χ0) is 16.2. The number of benzene rings is 1. The standard InChI is InChI=1S/C17H24ClN3O2.ClH/c1-23-16-3-2-14(18)10-13(16)11-17(22)21-7-4-15(12-21)20-8-5-19-6-9-20;/h2-3,10,15,19H,4-9,11-12H2,1H3;1H. The highest BCUT2D eigenvalue weighted by Crippen LogP contribution is 2.24. The summed E-state index contributed by atoms with van der Waals surface area (Å²) in [7, 11) is 1.62. The minimum absolute atomic E-state index is 0. The van der Waals surface area contributed by atoms with Crippen molar-refractivity contribution in [3.05, 3.63) is 28.8 Å². The van der Waals surface area contributed by atoms with E-state index in [4.69, 9.17) is 16.3 Å². The molecule has 0 saturated carbocycles. The van der Waals surface area contributed by atoms with Gasteiger partial charge >= 0.3 is 0 Å². The van der Waals surface area contributed by atoms with E-state index >= 15 is 0 Å². The number of nitrogens with one attached hydrogen (secondary N) is 1. The van der Waals surface area contributed by atoms with E-state index in [2.05, 4.69) is 10.2 Å². The van der Waals surface area contributed by atoms with Crippen LogP contribution in [0.5, 0.6) is 5.75 Å². The van der Waals surface area contributed by atoms with Gasteiger partial charge in [-0.25, -0.2) is 0 Å². The summed E-state index contributed by atoms with van der Waals surface area (Å²) in [5.41, 5.74) is 0.857. The average molecular weight is 374 g/mol. The average Bonchev–Trinajstić information content (AvgIpc) is 3.06. The zero-order valence-electron chi connectivity index (χ0n) is 14.0. The monoisotopic (exact) mass is 373 g/mol. The maximum atomic E-state index is 12.6. The molecule has 1 atom stereocenters. The van der Waals surface area contributed by atoms with E-state index in [1.54, 1.807) is 13.2 Å². The molecule has 1 N–H and O–H groups in total. The molecule has 2 heterocycles. The third kappa shape index (κ3) is 4.54. The first kappa shape index (κ1) is 19.3. The molecule has 0 spiro atoms. The third-order valence-corrected chi connectivity index (χ3v) is 5.00. The molecule has 0 aliphatic carbocycles. The summed E-state index contributed by atoms with van der Waals surface area (Å²) < 4.78 is 5.34. The fourth-order valence-corrected chi connectivity index (χ4v) is 3.67. The normalized spacial score (nSPS) is 21.4. The van der Waals surface area contributed by atoms with E-state index < -0.39 is 0 Å². The van der Waals surface area contributed by atoms with Crippen LogP contribution < -0.4 is 10.1 Å². The molecular formula is C17H25Cl2N3O2. The lowest BCUT2D eigenvalue weighted by Gasteiger charge is -2.32. The molecule has 7 heteroatoms. The predicted molar refractivity (Wildman–Crippen MR) is 98.4 cm³/mol. The van der Waals surface area contributed by atoms with Crippen molar-refractivity contribution in [2.45, 2.75) is 18.9 Å². The van der Waals surface area contributed by atoms with E-state index in [1.165, 1.54) is 0 Å². The second-order valence-corrected chi connectivity index (χ2v) is 6.64. The SMILES string of the molecule is COc1ccc(Cl)cc1CC(=O)N1CCC(N2CCNCC2)C1.Cl. The fourth-order valence-electron chi connectivity index (χ4n) is 3.47. The van der Waals surface area contributed by atoms with Crippen LogP contribution in [0.15, 0.2) is 18.2 Å². The first-order chi connectivity index (χ1) is 11.2. The van der Waals surface area contributed by atoms with Gasteiger partial charge in [-0.1, -0.05) is 11.6 Å². The molecule has 134 valence electrons. The highest BCUT2D eigenvalue weighted by Gasteiger charge is 2.31. The maximum absolute atomic E-state index is 12.6. The van der Waals surface area contributed by atoms with Crippen molar-refractivity contribution in [1.82, 2.24) is 15.1 Å². The van der Waals surface area contributed by atoms with Gasteiger partial charge in [0.15, 0.2) is 0 Å². The maximum Gasteiger partial charge on any atom is 0.227 e. The van der Waals surface area contributed by atoms with Crippen LogP contribution in [-0.4, -0.2) is 68.1 Å². The molecule has 2 aliphatic heterocycles. The Morgan fingerprint density at radius 3 is 2.79 bits per heavy atom. The molecule has 2 saturated heterocycles. The lowest BCUT2D eigenvalue weighted by Crippen LogP contribution is -2.49. The molecule has 0 radical (unpaired) electrons. The largest absolute Gasteiger partial charge is 0.496 e. The number of ether oxygens (including phenoxy) is 1. The van der Waals surface area contributed by atoms with E-state index in [1.807, 2.05) is 17.0 Å².